The van der Waals surface area contributed by atoms with Crippen LogP contribution in [0.5, 0.6) is 0 Å². The molecule has 2 amide bonds. The second kappa shape index (κ2) is 9.00. The van der Waals surface area contributed by atoms with Gasteiger partial charge < -0.3 is 25.0 Å². The zero-order chi connectivity index (χ0) is 22.8. The molecule has 0 radical (unpaired) electrons. The average molecular weight is 437 g/mol. The van der Waals surface area contributed by atoms with Crippen LogP contribution in [-0.4, -0.2) is 78.8 Å². The first kappa shape index (κ1) is 21.8. The Morgan fingerprint density at radius 2 is 1.62 bits per heavy atom. The molecule has 0 saturated carbocycles. The summed E-state index contributed by atoms with van der Waals surface area (Å²) in [6.07, 6.45) is -1.29. The lowest BCUT2D eigenvalue weighted by Gasteiger charge is -2.43. The van der Waals surface area contributed by atoms with E-state index in [1.54, 1.807) is 4.90 Å². The molecule has 32 heavy (non-hydrogen) atoms. The molecule has 1 saturated heterocycles. The van der Waals surface area contributed by atoms with E-state index in [2.05, 4.69) is 5.32 Å². The number of carboxylic acid groups (broad SMARTS) is 1. The van der Waals surface area contributed by atoms with E-state index in [4.69, 9.17) is 4.74 Å². The maximum atomic E-state index is 12.7. The monoisotopic (exact) mass is 437 g/mol. The van der Waals surface area contributed by atoms with Gasteiger partial charge in [0.25, 0.3) is 0 Å². The summed E-state index contributed by atoms with van der Waals surface area (Å²) in [5.74, 6) is -1.68. The van der Waals surface area contributed by atoms with Crippen LogP contribution in [0.15, 0.2) is 48.5 Å². The van der Waals surface area contributed by atoms with Crippen LogP contribution in [0.3, 0.4) is 0 Å². The van der Waals surface area contributed by atoms with Gasteiger partial charge in [0.2, 0.25) is 5.91 Å². The minimum absolute atomic E-state index is 0.0975. The molecule has 2 aromatic rings. The highest BCUT2D eigenvalue weighted by atomic mass is 16.5. The standard InChI is InChI=1S/C24H27N3O5/c1-26(2)15-12-27(13-15)23(30)21(11-22(28)29)25-24(31)32-14-20-18-9-5-3-7-16(18)17-8-4-6-10-19(17)20/h3-10,15,20-21H,11-14H2,1-2H3,(H,25,31)(H,28,29). The van der Waals surface area contributed by atoms with Crippen molar-refractivity contribution < 1.29 is 24.2 Å². The summed E-state index contributed by atoms with van der Waals surface area (Å²) in [5, 5.41) is 11.7. The number of amides is 2. The van der Waals surface area contributed by atoms with Crippen molar-refractivity contribution in [3.8, 4) is 11.1 Å². The maximum absolute atomic E-state index is 12.7. The first-order chi connectivity index (χ1) is 15.3. The number of hydrogen-bond donors (Lipinski definition) is 2. The molecule has 1 aliphatic heterocycles. The smallest absolute Gasteiger partial charge is 0.407 e. The number of likely N-dealkylation sites (N-methyl/N-ethyl adjacent to an activating group) is 1. The summed E-state index contributed by atoms with van der Waals surface area (Å²) in [5.41, 5.74) is 4.39. The van der Waals surface area contributed by atoms with Crippen LogP contribution in [0.2, 0.25) is 0 Å². The zero-order valence-corrected chi connectivity index (χ0v) is 18.2. The van der Waals surface area contributed by atoms with E-state index in [0.29, 0.717) is 13.1 Å². The number of carboxylic acids is 1. The molecule has 0 spiro atoms. The van der Waals surface area contributed by atoms with E-state index < -0.39 is 30.4 Å². The quantitative estimate of drug-likeness (QED) is 0.689. The third kappa shape index (κ3) is 4.31. The number of carbonyl (C=O) groups is 3. The minimum atomic E-state index is -1.16. The lowest BCUT2D eigenvalue weighted by Crippen LogP contribution is -2.63. The molecular formula is C24H27N3O5. The van der Waals surface area contributed by atoms with E-state index in [1.807, 2.05) is 67.5 Å². The van der Waals surface area contributed by atoms with Crippen molar-refractivity contribution in [3.63, 3.8) is 0 Å². The van der Waals surface area contributed by atoms with E-state index in [9.17, 15) is 19.5 Å². The van der Waals surface area contributed by atoms with Crippen molar-refractivity contribution in [2.45, 2.75) is 24.4 Å². The predicted molar refractivity (Wildman–Crippen MR) is 118 cm³/mol. The number of alkyl carbamates (subject to hydrolysis) is 1. The van der Waals surface area contributed by atoms with Gasteiger partial charge in [-0.25, -0.2) is 4.79 Å². The summed E-state index contributed by atoms with van der Waals surface area (Å²) in [4.78, 5) is 40.1. The van der Waals surface area contributed by atoms with Gasteiger partial charge in [0.15, 0.2) is 0 Å². The van der Waals surface area contributed by atoms with Crippen molar-refractivity contribution in [3.05, 3.63) is 59.7 Å². The molecule has 168 valence electrons. The van der Waals surface area contributed by atoms with Crippen LogP contribution >= 0.6 is 0 Å². The summed E-state index contributed by atoms with van der Waals surface area (Å²) in [6.45, 7) is 1.11. The number of rotatable bonds is 7. The summed E-state index contributed by atoms with van der Waals surface area (Å²) >= 11 is 0. The van der Waals surface area contributed by atoms with E-state index >= 15 is 0 Å². The van der Waals surface area contributed by atoms with Gasteiger partial charge in [-0.05, 0) is 36.3 Å². The van der Waals surface area contributed by atoms with Crippen LogP contribution in [0.25, 0.3) is 11.1 Å². The van der Waals surface area contributed by atoms with Crippen LogP contribution < -0.4 is 5.32 Å². The number of fused-ring (bicyclic) bond motifs is 3. The molecule has 2 aromatic carbocycles. The lowest BCUT2D eigenvalue weighted by atomic mass is 9.98. The van der Waals surface area contributed by atoms with E-state index in [1.165, 1.54) is 0 Å². The van der Waals surface area contributed by atoms with Crippen molar-refractivity contribution in [1.82, 2.24) is 15.1 Å². The van der Waals surface area contributed by atoms with Crippen molar-refractivity contribution in [2.24, 2.45) is 0 Å². The second-order valence-corrected chi connectivity index (χ2v) is 8.48. The van der Waals surface area contributed by atoms with Gasteiger partial charge in [0, 0.05) is 25.0 Å². The molecule has 8 heteroatoms. The van der Waals surface area contributed by atoms with Gasteiger partial charge in [-0.15, -0.1) is 0 Å². The normalized spacial score (nSPS) is 16.2. The molecule has 2 aliphatic rings. The predicted octanol–water partition coefficient (Wildman–Crippen LogP) is 2.14. The number of hydrogen-bond acceptors (Lipinski definition) is 5. The fraction of sp³-hybridized carbons (Fsp3) is 0.375. The third-order valence-electron chi connectivity index (χ3n) is 6.22. The van der Waals surface area contributed by atoms with Gasteiger partial charge in [-0.1, -0.05) is 48.5 Å². The highest BCUT2D eigenvalue weighted by Gasteiger charge is 2.37. The first-order valence-corrected chi connectivity index (χ1v) is 10.6. The number of likely N-dealkylation sites (tertiary alicyclic amines) is 1. The molecule has 0 bridgehead atoms. The van der Waals surface area contributed by atoms with Gasteiger partial charge in [-0.3, -0.25) is 9.59 Å². The lowest BCUT2D eigenvalue weighted by molar-refractivity contribution is -0.145. The Labute approximate surface area is 186 Å². The van der Waals surface area contributed by atoms with E-state index in [-0.39, 0.29) is 18.6 Å². The van der Waals surface area contributed by atoms with Crippen molar-refractivity contribution >= 4 is 18.0 Å². The number of carbonyl (C=O) groups excluding carboxylic acids is 2. The van der Waals surface area contributed by atoms with Crippen LogP contribution in [0, 0.1) is 0 Å². The van der Waals surface area contributed by atoms with Crippen LogP contribution in [0.4, 0.5) is 4.79 Å². The third-order valence-corrected chi connectivity index (χ3v) is 6.22. The number of ether oxygens (including phenoxy) is 1. The fourth-order valence-electron chi connectivity index (χ4n) is 4.34. The highest BCUT2D eigenvalue weighted by molar-refractivity contribution is 5.90. The Hall–Kier alpha value is -3.39. The fourth-order valence-corrected chi connectivity index (χ4v) is 4.34. The minimum Gasteiger partial charge on any atom is -0.481 e. The van der Waals surface area contributed by atoms with Gasteiger partial charge in [0.1, 0.15) is 12.6 Å². The first-order valence-electron chi connectivity index (χ1n) is 10.6. The van der Waals surface area contributed by atoms with Crippen LogP contribution in [-0.2, 0) is 14.3 Å². The molecule has 1 heterocycles. The topological polar surface area (TPSA) is 99.2 Å². The highest BCUT2D eigenvalue weighted by Crippen LogP contribution is 2.44. The van der Waals surface area contributed by atoms with Gasteiger partial charge >= 0.3 is 12.1 Å². The maximum Gasteiger partial charge on any atom is 0.407 e. The Morgan fingerprint density at radius 3 is 2.16 bits per heavy atom. The summed E-state index contributed by atoms with van der Waals surface area (Å²) < 4.78 is 5.47. The van der Waals surface area contributed by atoms with E-state index in [0.717, 1.165) is 22.3 Å². The Morgan fingerprint density at radius 1 is 1.06 bits per heavy atom. The number of nitrogens with zero attached hydrogens (tertiary/aromatic N) is 2. The average Bonchev–Trinajstić information content (AvgIpc) is 3.04. The Bertz CT molecular complexity index is 986. The van der Waals surface area contributed by atoms with Crippen molar-refractivity contribution in [1.29, 1.82) is 0 Å². The van der Waals surface area contributed by atoms with Crippen LogP contribution in [0.1, 0.15) is 23.5 Å². The number of aliphatic carboxylic acids is 1. The molecule has 2 N–H and O–H groups in total. The summed E-state index contributed by atoms with van der Waals surface area (Å²) in [6, 6.07) is 15.1. The molecule has 8 nitrogen and oxygen atoms in total. The Balaban J connectivity index is 1.40. The number of nitrogens with one attached hydrogen (secondary N) is 1. The molecule has 0 aromatic heterocycles. The zero-order valence-electron chi connectivity index (χ0n) is 18.2. The number of benzene rings is 2. The second-order valence-electron chi connectivity index (χ2n) is 8.48. The van der Waals surface area contributed by atoms with Gasteiger partial charge in [-0.2, -0.15) is 0 Å². The largest absolute Gasteiger partial charge is 0.481 e. The van der Waals surface area contributed by atoms with Crippen molar-refractivity contribution in [2.75, 3.05) is 33.8 Å². The molecule has 1 atom stereocenters. The SMILES string of the molecule is CN(C)C1CN(C(=O)C(CC(=O)O)NC(=O)OCC2c3ccccc3-c3ccccc32)C1. The molecule has 4 rings (SSSR count). The molecule has 1 aliphatic carbocycles. The Kier molecular flexibility index (Phi) is 6.14. The van der Waals surface area contributed by atoms with Gasteiger partial charge in [0.05, 0.1) is 6.42 Å². The molecular weight excluding hydrogens is 410 g/mol. The molecule has 1 fully saturated rings. The molecule has 1 unspecified atom stereocenters. The summed E-state index contributed by atoms with van der Waals surface area (Å²) in [7, 11) is 3.85.